The second-order valence-corrected chi connectivity index (χ2v) is 4.92. The van der Waals surface area contributed by atoms with Crippen molar-refractivity contribution in [3.8, 4) is 0 Å². The van der Waals surface area contributed by atoms with Crippen molar-refractivity contribution in [3.05, 3.63) is 51.1 Å². The summed E-state index contributed by atoms with van der Waals surface area (Å²) in [6.45, 7) is 5.05. The van der Waals surface area contributed by atoms with Crippen LogP contribution in [0.5, 0.6) is 0 Å². The predicted octanol–water partition coefficient (Wildman–Crippen LogP) is 3.15. The molecular weight excluding hydrogens is 299 g/mol. The topological polar surface area (TPSA) is 17.8 Å². The number of hydrogen-bond donors (Lipinski definition) is 0. The maximum absolute atomic E-state index is 4.29. The summed E-state index contributed by atoms with van der Waals surface area (Å²) in [5, 5.41) is 0. The molecule has 78 valence electrons. The van der Waals surface area contributed by atoms with Gasteiger partial charge in [-0.15, -0.1) is 0 Å². The molecule has 0 aliphatic rings. The molecule has 2 rings (SSSR count). The zero-order valence-corrected chi connectivity index (χ0v) is 11.0. The van der Waals surface area contributed by atoms with Crippen molar-refractivity contribution in [1.82, 2.24) is 9.55 Å². The van der Waals surface area contributed by atoms with Gasteiger partial charge in [-0.3, -0.25) is 0 Å². The van der Waals surface area contributed by atoms with Gasteiger partial charge >= 0.3 is 0 Å². The SMILES string of the molecule is Cc1ncn(Cc2ccc(I)cc2)c1C. The van der Waals surface area contributed by atoms with E-state index >= 15 is 0 Å². The largest absolute Gasteiger partial charge is 0.330 e. The van der Waals surface area contributed by atoms with Crippen LogP contribution in [0.3, 0.4) is 0 Å². The molecule has 0 amide bonds. The van der Waals surface area contributed by atoms with E-state index < -0.39 is 0 Å². The molecule has 0 unspecified atom stereocenters. The maximum Gasteiger partial charge on any atom is 0.0954 e. The van der Waals surface area contributed by atoms with Gasteiger partial charge in [-0.25, -0.2) is 4.98 Å². The van der Waals surface area contributed by atoms with Gasteiger partial charge in [0, 0.05) is 15.8 Å². The number of aryl methyl sites for hydroxylation is 1. The molecule has 0 fully saturated rings. The number of halogens is 1. The van der Waals surface area contributed by atoms with Crippen LogP contribution < -0.4 is 0 Å². The molecule has 1 heterocycles. The molecule has 0 N–H and O–H groups in total. The first-order valence-corrected chi connectivity index (χ1v) is 5.97. The van der Waals surface area contributed by atoms with E-state index in [2.05, 4.69) is 63.3 Å². The lowest BCUT2D eigenvalue weighted by molar-refractivity contribution is 0.768. The third kappa shape index (κ3) is 2.40. The molecule has 0 bridgehead atoms. The quantitative estimate of drug-likeness (QED) is 0.779. The summed E-state index contributed by atoms with van der Waals surface area (Å²) in [4.78, 5) is 4.29. The van der Waals surface area contributed by atoms with E-state index in [9.17, 15) is 0 Å². The van der Waals surface area contributed by atoms with E-state index in [1.54, 1.807) is 0 Å². The van der Waals surface area contributed by atoms with E-state index in [1.807, 2.05) is 13.3 Å². The lowest BCUT2D eigenvalue weighted by atomic mass is 10.2. The molecule has 0 radical (unpaired) electrons. The van der Waals surface area contributed by atoms with Crippen molar-refractivity contribution in [2.75, 3.05) is 0 Å². The van der Waals surface area contributed by atoms with Crippen molar-refractivity contribution >= 4 is 22.6 Å². The average Bonchev–Trinajstić information content (AvgIpc) is 2.53. The van der Waals surface area contributed by atoms with Crippen molar-refractivity contribution in [3.63, 3.8) is 0 Å². The first kappa shape index (κ1) is 10.7. The molecule has 15 heavy (non-hydrogen) atoms. The summed E-state index contributed by atoms with van der Waals surface area (Å²) in [5.41, 5.74) is 3.67. The molecule has 0 atom stereocenters. The third-order valence-corrected chi connectivity index (χ3v) is 3.33. The lowest BCUT2D eigenvalue weighted by Gasteiger charge is -2.05. The molecule has 0 aliphatic carbocycles. The molecule has 2 aromatic rings. The van der Waals surface area contributed by atoms with Crippen LogP contribution in [-0.2, 0) is 6.54 Å². The van der Waals surface area contributed by atoms with Crippen LogP contribution in [-0.4, -0.2) is 9.55 Å². The van der Waals surface area contributed by atoms with E-state index in [-0.39, 0.29) is 0 Å². The van der Waals surface area contributed by atoms with E-state index in [0.29, 0.717) is 0 Å². The first-order chi connectivity index (χ1) is 7.16. The van der Waals surface area contributed by atoms with E-state index in [1.165, 1.54) is 14.8 Å². The van der Waals surface area contributed by atoms with Crippen LogP contribution in [0.1, 0.15) is 17.0 Å². The van der Waals surface area contributed by atoms with Crippen LogP contribution in [0.15, 0.2) is 30.6 Å². The summed E-state index contributed by atoms with van der Waals surface area (Å²) in [6.07, 6.45) is 1.91. The highest BCUT2D eigenvalue weighted by molar-refractivity contribution is 14.1. The predicted molar refractivity (Wildman–Crippen MR) is 70.0 cm³/mol. The van der Waals surface area contributed by atoms with E-state index in [0.717, 1.165) is 12.2 Å². The fourth-order valence-electron chi connectivity index (χ4n) is 1.49. The average molecular weight is 312 g/mol. The van der Waals surface area contributed by atoms with Gasteiger partial charge in [0.15, 0.2) is 0 Å². The Morgan fingerprint density at radius 2 is 1.87 bits per heavy atom. The molecule has 0 spiro atoms. The van der Waals surface area contributed by atoms with Crippen LogP contribution in [0.2, 0.25) is 0 Å². The fourth-order valence-corrected chi connectivity index (χ4v) is 1.85. The van der Waals surface area contributed by atoms with Crippen molar-refractivity contribution in [1.29, 1.82) is 0 Å². The van der Waals surface area contributed by atoms with Gasteiger partial charge in [-0.05, 0) is 54.1 Å². The summed E-state index contributed by atoms with van der Waals surface area (Å²) in [6, 6.07) is 8.59. The van der Waals surface area contributed by atoms with Gasteiger partial charge in [0.2, 0.25) is 0 Å². The van der Waals surface area contributed by atoms with Crippen LogP contribution in [0.25, 0.3) is 0 Å². The summed E-state index contributed by atoms with van der Waals surface area (Å²) < 4.78 is 3.45. The van der Waals surface area contributed by atoms with Gasteiger partial charge in [0.1, 0.15) is 0 Å². The Morgan fingerprint density at radius 1 is 1.20 bits per heavy atom. The second-order valence-electron chi connectivity index (χ2n) is 3.67. The van der Waals surface area contributed by atoms with E-state index in [4.69, 9.17) is 0 Å². The van der Waals surface area contributed by atoms with Gasteiger partial charge in [-0.2, -0.15) is 0 Å². The van der Waals surface area contributed by atoms with Crippen molar-refractivity contribution < 1.29 is 0 Å². The Hall–Kier alpha value is -0.840. The number of nitrogens with zero attached hydrogens (tertiary/aromatic N) is 2. The summed E-state index contributed by atoms with van der Waals surface area (Å²) >= 11 is 2.32. The third-order valence-electron chi connectivity index (χ3n) is 2.61. The molecule has 1 aromatic heterocycles. The van der Waals surface area contributed by atoms with Crippen molar-refractivity contribution in [2.45, 2.75) is 20.4 Å². The number of benzene rings is 1. The minimum atomic E-state index is 0.906. The van der Waals surface area contributed by atoms with Gasteiger partial charge in [0.05, 0.1) is 12.0 Å². The highest BCUT2D eigenvalue weighted by Gasteiger charge is 2.02. The molecule has 0 saturated heterocycles. The molecule has 3 heteroatoms. The Morgan fingerprint density at radius 3 is 2.40 bits per heavy atom. The normalized spacial score (nSPS) is 10.6. The highest BCUT2D eigenvalue weighted by Crippen LogP contribution is 2.11. The van der Waals surface area contributed by atoms with Crippen molar-refractivity contribution in [2.24, 2.45) is 0 Å². The number of imidazole rings is 1. The van der Waals surface area contributed by atoms with Crippen LogP contribution in [0.4, 0.5) is 0 Å². The first-order valence-electron chi connectivity index (χ1n) is 4.89. The smallest absolute Gasteiger partial charge is 0.0954 e. The zero-order valence-electron chi connectivity index (χ0n) is 8.87. The van der Waals surface area contributed by atoms with Gasteiger partial charge in [-0.1, -0.05) is 12.1 Å². The van der Waals surface area contributed by atoms with Gasteiger partial charge in [0.25, 0.3) is 0 Å². The molecule has 2 nitrogen and oxygen atoms in total. The Bertz CT molecular complexity index is 457. The molecule has 0 saturated carbocycles. The zero-order chi connectivity index (χ0) is 10.8. The second kappa shape index (κ2) is 4.35. The molecular formula is C12H13IN2. The molecule has 1 aromatic carbocycles. The minimum Gasteiger partial charge on any atom is -0.330 e. The van der Waals surface area contributed by atoms with Gasteiger partial charge < -0.3 is 4.57 Å². The van der Waals surface area contributed by atoms with Crippen LogP contribution >= 0.6 is 22.6 Å². The number of aromatic nitrogens is 2. The summed E-state index contributed by atoms with van der Waals surface area (Å²) in [5.74, 6) is 0. The number of hydrogen-bond acceptors (Lipinski definition) is 1. The maximum atomic E-state index is 4.29. The Labute approximate surface area is 103 Å². The standard InChI is InChI=1S/C12H13IN2/c1-9-10(2)15(8-14-9)7-11-3-5-12(13)6-4-11/h3-6,8H,7H2,1-2H3. The Balaban J connectivity index is 2.22. The lowest BCUT2D eigenvalue weighted by Crippen LogP contribution is -2.00. The Kier molecular flexibility index (Phi) is 3.09. The monoisotopic (exact) mass is 312 g/mol. The van der Waals surface area contributed by atoms with Crippen LogP contribution in [0, 0.1) is 17.4 Å². The highest BCUT2D eigenvalue weighted by atomic mass is 127. The fraction of sp³-hybridized carbons (Fsp3) is 0.250. The minimum absolute atomic E-state index is 0.906. The molecule has 0 aliphatic heterocycles. The number of rotatable bonds is 2. The summed E-state index contributed by atoms with van der Waals surface area (Å²) in [7, 11) is 0.